The topological polar surface area (TPSA) is 73.6 Å². The first-order valence-corrected chi connectivity index (χ1v) is 8.09. The molecule has 0 saturated carbocycles. The van der Waals surface area contributed by atoms with Gasteiger partial charge in [0.1, 0.15) is 11.5 Å². The van der Waals surface area contributed by atoms with E-state index in [2.05, 4.69) is 12.2 Å². The SMILES string of the molecule is CCCCOc1ccc(OC)cc1NC(=O)c1ccc(CN)cc1.Cl. The van der Waals surface area contributed by atoms with Crippen molar-refractivity contribution in [3.05, 3.63) is 53.6 Å². The van der Waals surface area contributed by atoms with Crippen LogP contribution in [0.4, 0.5) is 5.69 Å². The lowest BCUT2D eigenvalue weighted by Crippen LogP contribution is -2.13. The zero-order valence-electron chi connectivity index (χ0n) is 14.6. The van der Waals surface area contributed by atoms with Gasteiger partial charge in [-0.3, -0.25) is 4.79 Å². The molecule has 2 aromatic rings. The fourth-order valence-corrected chi connectivity index (χ4v) is 2.17. The summed E-state index contributed by atoms with van der Waals surface area (Å²) in [5.41, 5.74) is 7.72. The Balaban J connectivity index is 0.00000312. The van der Waals surface area contributed by atoms with Crippen LogP contribution in [0.2, 0.25) is 0 Å². The number of carbonyl (C=O) groups is 1. The van der Waals surface area contributed by atoms with Gasteiger partial charge in [-0.05, 0) is 36.2 Å². The Morgan fingerprint density at radius 3 is 2.48 bits per heavy atom. The summed E-state index contributed by atoms with van der Waals surface area (Å²) in [5.74, 6) is 1.09. The number of ether oxygens (including phenoxy) is 2. The van der Waals surface area contributed by atoms with Crippen LogP contribution in [0.15, 0.2) is 42.5 Å². The summed E-state index contributed by atoms with van der Waals surface area (Å²) in [6.07, 6.45) is 2.01. The molecular weight excluding hydrogens is 340 g/mol. The molecule has 0 aliphatic heterocycles. The number of rotatable bonds is 8. The van der Waals surface area contributed by atoms with Crippen molar-refractivity contribution in [1.82, 2.24) is 0 Å². The predicted octanol–water partition coefficient (Wildman–Crippen LogP) is 4.01. The number of nitrogens with one attached hydrogen (secondary N) is 1. The van der Waals surface area contributed by atoms with Crippen LogP contribution >= 0.6 is 12.4 Å². The smallest absolute Gasteiger partial charge is 0.255 e. The predicted molar refractivity (Wildman–Crippen MR) is 103 cm³/mol. The first kappa shape index (κ1) is 20.8. The number of hydrogen-bond donors (Lipinski definition) is 2. The minimum absolute atomic E-state index is 0. The number of methoxy groups -OCH3 is 1. The fourth-order valence-electron chi connectivity index (χ4n) is 2.17. The Bertz CT molecular complexity index is 675. The van der Waals surface area contributed by atoms with Crippen molar-refractivity contribution >= 4 is 24.0 Å². The van der Waals surface area contributed by atoms with Crippen molar-refractivity contribution in [3.63, 3.8) is 0 Å². The standard InChI is InChI=1S/C19H24N2O3.ClH/c1-3-4-11-24-18-10-9-16(23-2)12-17(18)21-19(22)15-7-5-14(13-20)6-8-15;/h5-10,12H,3-4,11,13,20H2,1-2H3,(H,21,22);1H. The average molecular weight is 365 g/mol. The molecule has 0 heterocycles. The number of unbranched alkanes of at least 4 members (excludes halogenated alkanes) is 1. The molecule has 0 saturated heterocycles. The zero-order valence-corrected chi connectivity index (χ0v) is 15.4. The maximum atomic E-state index is 12.5. The number of nitrogens with two attached hydrogens (primary N) is 1. The number of halogens is 1. The van der Waals surface area contributed by atoms with Gasteiger partial charge >= 0.3 is 0 Å². The molecule has 0 unspecified atom stereocenters. The molecule has 0 aromatic heterocycles. The van der Waals surface area contributed by atoms with Gasteiger partial charge in [0, 0.05) is 18.2 Å². The highest BCUT2D eigenvalue weighted by Gasteiger charge is 2.11. The zero-order chi connectivity index (χ0) is 17.4. The first-order chi connectivity index (χ1) is 11.7. The van der Waals surface area contributed by atoms with Crippen molar-refractivity contribution in [3.8, 4) is 11.5 Å². The van der Waals surface area contributed by atoms with Crippen LogP contribution in [-0.4, -0.2) is 19.6 Å². The molecular formula is C19H25ClN2O3. The van der Waals surface area contributed by atoms with Crippen molar-refractivity contribution in [2.45, 2.75) is 26.3 Å². The second-order valence-corrected chi connectivity index (χ2v) is 5.42. The number of benzene rings is 2. The van der Waals surface area contributed by atoms with Crippen molar-refractivity contribution in [2.75, 3.05) is 19.0 Å². The van der Waals surface area contributed by atoms with Gasteiger partial charge in [0.05, 0.1) is 19.4 Å². The van der Waals surface area contributed by atoms with E-state index in [9.17, 15) is 4.79 Å². The molecule has 0 aliphatic rings. The molecule has 0 fully saturated rings. The Morgan fingerprint density at radius 1 is 1.16 bits per heavy atom. The average Bonchev–Trinajstić information content (AvgIpc) is 2.63. The Hall–Kier alpha value is -2.24. The molecule has 0 bridgehead atoms. The van der Waals surface area contributed by atoms with E-state index < -0.39 is 0 Å². The number of carbonyl (C=O) groups excluding carboxylic acids is 1. The Labute approximate surface area is 154 Å². The van der Waals surface area contributed by atoms with Crippen LogP contribution in [0.25, 0.3) is 0 Å². The third-order valence-electron chi connectivity index (χ3n) is 3.64. The van der Waals surface area contributed by atoms with Crippen molar-refractivity contribution < 1.29 is 14.3 Å². The lowest BCUT2D eigenvalue weighted by atomic mass is 10.1. The minimum atomic E-state index is -0.202. The molecule has 136 valence electrons. The van der Waals surface area contributed by atoms with E-state index >= 15 is 0 Å². The minimum Gasteiger partial charge on any atom is -0.497 e. The highest BCUT2D eigenvalue weighted by molar-refractivity contribution is 6.05. The van der Waals surface area contributed by atoms with Crippen LogP contribution < -0.4 is 20.5 Å². The van der Waals surface area contributed by atoms with E-state index in [1.165, 1.54) is 0 Å². The summed E-state index contributed by atoms with van der Waals surface area (Å²) < 4.78 is 11.0. The summed E-state index contributed by atoms with van der Waals surface area (Å²) >= 11 is 0. The molecule has 0 radical (unpaired) electrons. The lowest BCUT2D eigenvalue weighted by molar-refractivity contribution is 0.102. The lowest BCUT2D eigenvalue weighted by Gasteiger charge is -2.14. The number of amides is 1. The van der Waals surface area contributed by atoms with E-state index in [0.717, 1.165) is 18.4 Å². The third kappa shape index (κ3) is 5.96. The van der Waals surface area contributed by atoms with Crippen molar-refractivity contribution in [1.29, 1.82) is 0 Å². The van der Waals surface area contributed by atoms with Crippen LogP contribution in [0.1, 0.15) is 35.7 Å². The molecule has 2 rings (SSSR count). The van der Waals surface area contributed by atoms with E-state index in [1.54, 1.807) is 25.3 Å². The van der Waals surface area contributed by atoms with Crippen LogP contribution in [-0.2, 0) is 6.54 Å². The summed E-state index contributed by atoms with van der Waals surface area (Å²) in [5, 5.41) is 2.89. The first-order valence-electron chi connectivity index (χ1n) is 8.09. The molecule has 0 spiro atoms. The van der Waals surface area contributed by atoms with Crippen LogP contribution in [0.5, 0.6) is 11.5 Å². The normalized spacial score (nSPS) is 9.88. The third-order valence-corrected chi connectivity index (χ3v) is 3.64. The second-order valence-electron chi connectivity index (χ2n) is 5.42. The monoisotopic (exact) mass is 364 g/mol. The van der Waals surface area contributed by atoms with Gasteiger partial charge in [-0.25, -0.2) is 0 Å². The molecule has 3 N–H and O–H groups in total. The van der Waals surface area contributed by atoms with Gasteiger partial charge in [-0.2, -0.15) is 0 Å². The molecule has 1 amide bonds. The fraction of sp³-hybridized carbons (Fsp3) is 0.316. The molecule has 6 heteroatoms. The van der Waals surface area contributed by atoms with E-state index in [0.29, 0.717) is 35.9 Å². The molecule has 25 heavy (non-hydrogen) atoms. The second kappa shape index (κ2) is 10.6. The van der Waals surface area contributed by atoms with Gasteiger partial charge < -0.3 is 20.5 Å². The van der Waals surface area contributed by atoms with Gasteiger partial charge in [0.25, 0.3) is 5.91 Å². The Morgan fingerprint density at radius 2 is 1.88 bits per heavy atom. The van der Waals surface area contributed by atoms with E-state index in [-0.39, 0.29) is 18.3 Å². The molecule has 0 atom stereocenters. The highest BCUT2D eigenvalue weighted by Crippen LogP contribution is 2.30. The van der Waals surface area contributed by atoms with Gasteiger partial charge in [0.2, 0.25) is 0 Å². The van der Waals surface area contributed by atoms with Crippen LogP contribution in [0, 0.1) is 0 Å². The quantitative estimate of drug-likeness (QED) is 0.694. The summed E-state index contributed by atoms with van der Waals surface area (Å²) in [6.45, 7) is 3.16. The van der Waals surface area contributed by atoms with E-state index in [1.807, 2.05) is 24.3 Å². The van der Waals surface area contributed by atoms with Gasteiger partial charge in [-0.1, -0.05) is 25.5 Å². The molecule has 5 nitrogen and oxygen atoms in total. The summed E-state index contributed by atoms with van der Waals surface area (Å²) in [6, 6.07) is 12.6. The number of hydrogen-bond acceptors (Lipinski definition) is 4. The largest absolute Gasteiger partial charge is 0.497 e. The maximum absolute atomic E-state index is 12.5. The van der Waals surface area contributed by atoms with E-state index in [4.69, 9.17) is 15.2 Å². The highest BCUT2D eigenvalue weighted by atomic mass is 35.5. The number of anilines is 1. The van der Waals surface area contributed by atoms with Crippen molar-refractivity contribution in [2.24, 2.45) is 5.73 Å². The molecule has 2 aromatic carbocycles. The summed E-state index contributed by atoms with van der Waals surface area (Å²) in [7, 11) is 1.59. The van der Waals surface area contributed by atoms with Crippen LogP contribution in [0.3, 0.4) is 0 Å². The summed E-state index contributed by atoms with van der Waals surface area (Å²) in [4.78, 5) is 12.5. The van der Waals surface area contributed by atoms with Gasteiger partial charge in [-0.15, -0.1) is 12.4 Å². The molecule has 0 aliphatic carbocycles. The van der Waals surface area contributed by atoms with Gasteiger partial charge in [0.15, 0.2) is 0 Å². The Kier molecular flexibility index (Phi) is 8.81. The maximum Gasteiger partial charge on any atom is 0.255 e.